The number of hydrogen-bond donors (Lipinski definition) is 0. The minimum absolute atomic E-state index is 0. The average molecular weight is 153 g/mol. The van der Waals surface area contributed by atoms with Crippen LogP contribution in [-0.4, -0.2) is 11.0 Å². The third kappa shape index (κ3) is 10.3. The zero-order valence-corrected chi connectivity index (χ0v) is 7.30. The molecule has 0 aliphatic rings. The van der Waals surface area contributed by atoms with Crippen LogP contribution in [0, 0.1) is 7.43 Å². The summed E-state index contributed by atoms with van der Waals surface area (Å²) in [5.41, 5.74) is 0. The van der Waals surface area contributed by atoms with E-state index in [1.54, 1.807) is 0 Å². The minimum atomic E-state index is 0. The first-order chi connectivity index (χ1) is 0. The van der Waals surface area contributed by atoms with Crippen LogP contribution in [0.5, 0.6) is 0 Å². The third-order valence-electron chi connectivity index (χ3n) is 0. The van der Waals surface area contributed by atoms with Crippen LogP contribution in [0.1, 0.15) is 0 Å². The van der Waals surface area contributed by atoms with Gasteiger partial charge in [0.25, 0.3) is 0 Å². The summed E-state index contributed by atoms with van der Waals surface area (Å²) in [5.74, 6) is 0. The Bertz CT molecular complexity index is 8.00. The predicted molar refractivity (Wildman–Crippen MR) is 16.4 cm³/mol. The summed E-state index contributed by atoms with van der Waals surface area (Å²) in [6.45, 7) is 0. The van der Waals surface area contributed by atoms with E-state index in [4.69, 9.17) is 0 Å². The van der Waals surface area contributed by atoms with Gasteiger partial charge in [-0.25, -0.2) is 0 Å². The third-order valence-corrected chi connectivity index (χ3v) is 0. The summed E-state index contributed by atoms with van der Waals surface area (Å²) in [7, 11) is 0. The Morgan fingerprint density at radius 2 is 1.00 bits per heavy atom. The van der Waals surface area contributed by atoms with Gasteiger partial charge in [0.15, 0.2) is 0 Å². The van der Waals surface area contributed by atoms with Gasteiger partial charge >= 0.3 is 0 Å². The molecule has 2 radical (unpaired) electrons. The Labute approximate surface area is 54.1 Å². The zero-order chi connectivity index (χ0) is 0. The van der Waals surface area contributed by atoms with Crippen molar-refractivity contribution in [2.45, 2.75) is 0 Å². The molecule has 0 N–H and O–H groups in total. The largest absolute Gasteiger partial charge is 0.358 e. The van der Waals surface area contributed by atoms with Crippen LogP contribution in [0.4, 0.5) is 0 Å². The van der Waals surface area contributed by atoms with Crippen LogP contribution in [0.25, 0.3) is 0 Å². The summed E-state index contributed by atoms with van der Waals surface area (Å²) in [5, 5.41) is 0. The van der Waals surface area contributed by atoms with E-state index in [2.05, 4.69) is 0 Å². The van der Waals surface area contributed by atoms with E-state index in [0.717, 1.165) is 0 Å². The van der Waals surface area contributed by atoms with Gasteiger partial charge in [-0.15, -0.1) is 0 Å². The minimum Gasteiger partial charge on any atom is -0.358 e. The van der Waals surface area contributed by atoms with Crippen molar-refractivity contribution < 1.29 is 35.6 Å². The molecule has 3 heteroatoms. The first-order valence-corrected chi connectivity index (χ1v) is 0. The van der Waals surface area contributed by atoms with Crippen molar-refractivity contribution in [2.24, 2.45) is 0 Å². The molecule has 0 aliphatic heterocycles. The molecule has 0 atom stereocenters. The van der Waals surface area contributed by atoms with Crippen molar-refractivity contribution in [1.82, 2.24) is 0 Å². The molecule has 0 rings (SSSR count). The molecule has 0 saturated carbocycles. The van der Waals surface area contributed by atoms with E-state index in [-0.39, 0.29) is 54.0 Å². The Hall–Kier alpha value is 1.32. The fourth-order valence-corrected chi connectivity index (χ4v) is 0. The van der Waals surface area contributed by atoms with Crippen LogP contribution in [0.3, 0.4) is 0 Å². The van der Waals surface area contributed by atoms with Crippen molar-refractivity contribution in [2.75, 3.05) is 0 Å². The maximum atomic E-state index is 0. The molecule has 0 spiro atoms. The molecular formula is CH6FeSiV-. The van der Waals surface area contributed by atoms with Crippen molar-refractivity contribution in [1.29, 1.82) is 0 Å². The quantitative estimate of drug-likeness (QED) is 0.317. The molecule has 0 amide bonds. The Kier molecular flexibility index (Phi) is 389. The van der Waals surface area contributed by atoms with Gasteiger partial charge in [-0.3, -0.25) is 0 Å². The first kappa shape index (κ1) is 56.9. The normalized spacial score (nSPS) is 0. The molecule has 28 valence electrons. The monoisotopic (exact) mass is 153 g/mol. The number of rotatable bonds is 0. The fourth-order valence-electron chi connectivity index (χ4n) is 0. The molecular weight excluding hydrogens is 147 g/mol. The van der Waals surface area contributed by atoms with Gasteiger partial charge in [0.05, 0.1) is 0 Å². The van der Waals surface area contributed by atoms with Gasteiger partial charge in [0, 0.05) is 35.6 Å². The molecule has 4 heavy (non-hydrogen) atoms. The Morgan fingerprint density at radius 3 is 1.00 bits per heavy atom. The molecule has 0 unspecified atom stereocenters. The van der Waals surface area contributed by atoms with E-state index in [1.165, 1.54) is 0 Å². The van der Waals surface area contributed by atoms with Crippen molar-refractivity contribution in [3.05, 3.63) is 7.43 Å². The maximum absolute atomic E-state index is 0. The van der Waals surface area contributed by atoms with E-state index >= 15 is 0 Å². The van der Waals surface area contributed by atoms with Crippen molar-refractivity contribution in [3.63, 3.8) is 0 Å². The number of hydrogen-bond acceptors (Lipinski definition) is 0. The van der Waals surface area contributed by atoms with E-state index in [0.29, 0.717) is 0 Å². The molecule has 0 aliphatic carbocycles. The predicted octanol–water partition coefficient (Wildman–Crippen LogP) is -0.739. The van der Waals surface area contributed by atoms with Gasteiger partial charge in [0.1, 0.15) is 0 Å². The van der Waals surface area contributed by atoms with Crippen molar-refractivity contribution in [3.8, 4) is 0 Å². The summed E-state index contributed by atoms with van der Waals surface area (Å²) in [4.78, 5) is 0. The fraction of sp³-hybridized carbons (Fsp3) is 0. The second-order valence-electron chi connectivity index (χ2n) is 0. The zero-order valence-electron chi connectivity index (χ0n) is 2.80. The second kappa shape index (κ2) is 27.3. The second-order valence-corrected chi connectivity index (χ2v) is 0. The van der Waals surface area contributed by atoms with Crippen LogP contribution in [0.15, 0.2) is 0 Å². The Balaban J connectivity index is 0. The van der Waals surface area contributed by atoms with Gasteiger partial charge in [-0.05, 0) is 11.0 Å². The molecule has 0 heterocycles. The topological polar surface area (TPSA) is 0 Å². The molecule has 0 saturated heterocycles. The molecule has 0 aromatic heterocycles. The SMILES string of the molecule is [CH3-].[Fe].[SiH3].[V]. The van der Waals surface area contributed by atoms with E-state index in [9.17, 15) is 0 Å². The van der Waals surface area contributed by atoms with Crippen LogP contribution >= 0.6 is 0 Å². The summed E-state index contributed by atoms with van der Waals surface area (Å²) < 4.78 is 0. The van der Waals surface area contributed by atoms with Crippen LogP contribution in [-0.2, 0) is 35.6 Å². The molecule has 0 aromatic carbocycles. The first-order valence-electron chi connectivity index (χ1n) is 0. The molecule has 0 nitrogen and oxygen atoms in total. The van der Waals surface area contributed by atoms with Crippen molar-refractivity contribution >= 4 is 11.0 Å². The van der Waals surface area contributed by atoms with E-state index in [1.807, 2.05) is 0 Å². The van der Waals surface area contributed by atoms with Gasteiger partial charge in [-0.2, -0.15) is 0 Å². The van der Waals surface area contributed by atoms with Crippen LogP contribution < -0.4 is 0 Å². The molecule has 0 bridgehead atoms. The van der Waals surface area contributed by atoms with Gasteiger partial charge in [0.2, 0.25) is 0 Å². The Morgan fingerprint density at radius 1 is 1.00 bits per heavy atom. The average Bonchev–Trinajstić information content (AvgIpc) is 0. The van der Waals surface area contributed by atoms with E-state index < -0.39 is 0 Å². The molecule has 0 aromatic rings. The molecule has 0 fully saturated rings. The summed E-state index contributed by atoms with van der Waals surface area (Å²) in [6, 6.07) is 0. The standard InChI is InChI=1S/CH3.Fe.H3Si.V/h1H3;;1H3;/q-1;;;. The smallest absolute Gasteiger partial charge is 0 e. The van der Waals surface area contributed by atoms with Crippen LogP contribution in [0.2, 0.25) is 0 Å². The maximum Gasteiger partial charge on any atom is 0 e. The van der Waals surface area contributed by atoms with Gasteiger partial charge < -0.3 is 7.43 Å². The summed E-state index contributed by atoms with van der Waals surface area (Å²) in [6.07, 6.45) is 0. The van der Waals surface area contributed by atoms with Gasteiger partial charge in [-0.1, -0.05) is 0 Å². The summed E-state index contributed by atoms with van der Waals surface area (Å²) >= 11 is 0.